The number of hydrogen-bond acceptors (Lipinski definition) is 2. The highest BCUT2D eigenvalue weighted by Crippen LogP contribution is 2.41. The van der Waals surface area contributed by atoms with Gasteiger partial charge in [-0.05, 0) is 36.1 Å². The van der Waals surface area contributed by atoms with Gasteiger partial charge >= 0.3 is 0 Å². The third kappa shape index (κ3) is 1.78. The minimum absolute atomic E-state index is 0.116. The van der Waals surface area contributed by atoms with Crippen LogP contribution in [0.15, 0.2) is 6.07 Å². The quantitative estimate of drug-likeness (QED) is 0.789. The van der Waals surface area contributed by atoms with Gasteiger partial charge in [0.05, 0.1) is 5.69 Å². The summed E-state index contributed by atoms with van der Waals surface area (Å²) in [5.74, 6) is 4.06. The molecule has 100 valence electrons. The van der Waals surface area contributed by atoms with E-state index >= 15 is 0 Å². The van der Waals surface area contributed by atoms with E-state index in [0.29, 0.717) is 5.41 Å². The second-order valence-corrected chi connectivity index (χ2v) is 7.99. The molecule has 4 heteroatoms. The summed E-state index contributed by atoms with van der Waals surface area (Å²) in [6.45, 7) is 6.54. The number of hydrogen-bond donors (Lipinski definition) is 1. The maximum atomic E-state index is 10.5. The van der Waals surface area contributed by atoms with E-state index in [2.05, 4.69) is 40.9 Å². The fraction of sp³-hybridized carbons (Fsp3) is 0.643. The van der Waals surface area contributed by atoms with E-state index in [-0.39, 0.29) is 10.7 Å². The highest BCUT2D eigenvalue weighted by atomic mass is 32.2. The van der Waals surface area contributed by atoms with Gasteiger partial charge in [0.2, 0.25) is 0 Å². The zero-order chi connectivity index (χ0) is 13.1. The Balaban J connectivity index is 1.99. The summed E-state index contributed by atoms with van der Waals surface area (Å²) in [5.41, 5.74) is 4.35. The van der Waals surface area contributed by atoms with Crippen molar-refractivity contribution in [1.82, 2.24) is 8.87 Å². The van der Waals surface area contributed by atoms with Crippen molar-refractivity contribution < 1.29 is 5.11 Å². The summed E-state index contributed by atoms with van der Waals surface area (Å²) in [4.78, 5) is 0. The molecular weight excluding hydrogens is 244 g/mol. The number of rotatable bonds is 1. The van der Waals surface area contributed by atoms with E-state index in [1.807, 2.05) is 0 Å². The molecule has 0 bridgehead atoms. The highest BCUT2D eigenvalue weighted by Gasteiger charge is 2.36. The summed E-state index contributed by atoms with van der Waals surface area (Å²) in [7, 11) is -0.116. The van der Waals surface area contributed by atoms with E-state index < -0.39 is 6.23 Å². The van der Waals surface area contributed by atoms with Crippen LogP contribution in [0.2, 0.25) is 0 Å². The Morgan fingerprint density at radius 2 is 2.11 bits per heavy atom. The second kappa shape index (κ2) is 3.95. The predicted molar refractivity (Wildman–Crippen MR) is 77.9 cm³/mol. The normalized spacial score (nSPS) is 27.9. The largest absolute Gasteiger partial charge is 0.372 e. The van der Waals surface area contributed by atoms with Crippen LogP contribution in [-0.2, 0) is 19.4 Å². The number of aromatic nitrogens is 1. The third-order valence-corrected chi connectivity index (χ3v) is 5.31. The molecule has 0 fully saturated rings. The minimum atomic E-state index is -0.474. The molecule has 0 saturated heterocycles. The van der Waals surface area contributed by atoms with Crippen molar-refractivity contribution in [3.8, 4) is 0 Å². The van der Waals surface area contributed by atoms with Gasteiger partial charge in [0.15, 0.2) is 6.23 Å². The fourth-order valence-electron chi connectivity index (χ4n) is 3.33. The van der Waals surface area contributed by atoms with E-state index in [4.69, 9.17) is 0 Å². The van der Waals surface area contributed by atoms with Crippen LogP contribution >= 0.6 is 10.7 Å². The van der Waals surface area contributed by atoms with E-state index in [1.165, 1.54) is 11.3 Å². The van der Waals surface area contributed by atoms with Crippen LogP contribution in [0.4, 0.5) is 0 Å². The van der Waals surface area contributed by atoms with Gasteiger partial charge in [0.1, 0.15) is 0 Å². The van der Waals surface area contributed by atoms with Crippen molar-refractivity contribution in [3.05, 3.63) is 23.0 Å². The molecule has 2 unspecified atom stereocenters. The first-order valence-corrected chi connectivity index (χ1v) is 8.26. The lowest BCUT2D eigenvalue weighted by Crippen LogP contribution is -2.34. The molecule has 3 nitrogen and oxygen atoms in total. The molecule has 0 saturated carbocycles. The molecule has 1 aliphatic carbocycles. The van der Waals surface area contributed by atoms with Gasteiger partial charge in [-0.25, -0.2) is 4.31 Å². The molecule has 1 aromatic rings. The lowest BCUT2D eigenvalue weighted by molar-refractivity contribution is 0.0447. The van der Waals surface area contributed by atoms with E-state index in [0.717, 1.165) is 31.6 Å². The van der Waals surface area contributed by atoms with Crippen LogP contribution in [0.3, 0.4) is 0 Å². The molecule has 2 atom stereocenters. The first kappa shape index (κ1) is 12.5. The van der Waals surface area contributed by atoms with Gasteiger partial charge in [-0.1, -0.05) is 19.7 Å². The standard InChI is InChI=1S/C14H22N2OS/c1-14(2)8-10-7-11-13(17)16(18(3)4)6-5-15(11)12(10)9-14/h7,13,17H,3,5-6,8-9H2,1-2,4H3. The van der Waals surface area contributed by atoms with Gasteiger partial charge in [0, 0.05) is 18.8 Å². The van der Waals surface area contributed by atoms with Gasteiger partial charge in [-0.3, -0.25) is 0 Å². The maximum Gasteiger partial charge on any atom is 0.157 e. The zero-order valence-corrected chi connectivity index (χ0v) is 12.3. The van der Waals surface area contributed by atoms with Crippen LogP contribution in [-0.4, -0.2) is 32.6 Å². The molecule has 0 spiro atoms. The molecule has 1 N–H and O–H groups in total. The van der Waals surface area contributed by atoms with Crippen molar-refractivity contribution >= 4 is 16.5 Å². The zero-order valence-electron chi connectivity index (χ0n) is 11.4. The Labute approximate surface area is 111 Å². The molecule has 3 rings (SSSR count). The molecule has 18 heavy (non-hydrogen) atoms. The third-order valence-electron chi connectivity index (χ3n) is 4.13. The Hall–Kier alpha value is -0.580. The average molecular weight is 266 g/mol. The van der Waals surface area contributed by atoms with Crippen LogP contribution in [0, 0.1) is 5.41 Å². The summed E-state index contributed by atoms with van der Waals surface area (Å²) >= 11 is 0. The average Bonchev–Trinajstić information content (AvgIpc) is 2.71. The molecular formula is C14H22N2OS. The van der Waals surface area contributed by atoms with Crippen LogP contribution in [0.5, 0.6) is 0 Å². The maximum absolute atomic E-state index is 10.5. The summed E-state index contributed by atoms with van der Waals surface area (Å²) in [6.07, 6.45) is 3.87. The molecule has 0 aromatic carbocycles. The van der Waals surface area contributed by atoms with Gasteiger partial charge in [-0.2, -0.15) is 0 Å². The molecule has 2 aliphatic rings. The Morgan fingerprint density at radius 3 is 2.78 bits per heavy atom. The molecule has 0 radical (unpaired) electrons. The van der Waals surface area contributed by atoms with Crippen molar-refractivity contribution in [3.63, 3.8) is 0 Å². The SMILES string of the molecule is C=S(C)N1CCn2c(cc3c2CC(C)(C)C3)C1O. The summed E-state index contributed by atoms with van der Waals surface area (Å²) < 4.78 is 4.44. The van der Waals surface area contributed by atoms with Gasteiger partial charge in [-0.15, -0.1) is 10.7 Å². The van der Waals surface area contributed by atoms with E-state index in [1.54, 1.807) is 0 Å². The minimum Gasteiger partial charge on any atom is -0.372 e. The molecule has 0 amide bonds. The highest BCUT2D eigenvalue weighted by molar-refractivity contribution is 8.11. The first-order valence-electron chi connectivity index (χ1n) is 6.51. The fourth-order valence-corrected chi connectivity index (χ4v) is 4.18. The molecule has 2 heterocycles. The topological polar surface area (TPSA) is 28.4 Å². The Morgan fingerprint density at radius 1 is 1.39 bits per heavy atom. The number of fused-ring (bicyclic) bond motifs is 3. The van der Waals surface area contributed by atoms with Gasteiger partial charge < -0.3 is 9.67 Å². The predicted octanol–water partition coefficient (Wildman–Crippen LogP) is 2.17. The molecule has 1 aliphatic heterocycles. The number of nitrogens with zero attached hydrogens (tertiary/aromatic N) is 2. The van der Waals surface area contributed by atoms with E-state index in [9.17, 15) is 5.11 Å². The number of aliphatic hydroxyl groups is 1. The number of aliphatic hydroxyl groups excluding tert-OH is 1. The van der Waals surface area contributed by atoms with Crippen LogP contribution < -0.4 is 0 Å². The molecule has 1 aromatic heterocycles. The first-order chi connectivity index (χ1) is 8.39. The monoisotopic (exact) mass is 266 g/mol. The summed E-state index contributed by atoms with van der Waals surface area (Å²) in [6, 6.07) is 2.22. The van der Waals surface area contributed by atoms with Crippen molar-refractivity contribution in [1.29, 1.82) is 0 Å². The lowest BCUT2D eigenvalue weighted by Gasteiger charge is -2.35. The van der Waals surface area contributed by atoms with Crippen LogP contribution in [0.25, 0.3) is 0 Å². The van der Waals surface area contributed by atoms with Gasteiger partial charge in [0.25, 0.3) is 0 Å². The second-order valence-electron chi connectivity index (χ2n) is 6.33. The lowest BCUT2D eigenvalue weighted by atomic mass is 9.90. The Kier molecular flexibility index (Phi) is 2.74. The van der Waals surface area contributed by atoms with Crippen molar-refractivity contribution in [2.45, 2.75) is 39.5 Å². The smallest absolute Gasteiger partial charge is 0.157 e. The van der Waals surface area contributed by atoms with Crippen molar-refractivity contribution in [2.75, 3.05) is 12.8 Å². The van der Waals surface area contributed by atoms with Crippen molar-refractivity contribution in [2.24, 2.45) is 5.41 Å². The van der Waals surface area contributed by atoms with Crippen LogP contribution in [0.1, 0.15) is 37.0 Å². The Bertz CT molecular complexity index is 518. The summed E-state index contributed by atoms with van der Waals surface area (Å²) in [5, 5.41) is 10.5.